The summed E-state index contributed by atoms with van der Waals surface area (Å²) in [5.41, 5.74) is 6.80. The average molecular weight is 296 g/mol. The van der Waals surface area contributed by atoms with Crippen LogP contribution in [0.2, 0.25) is 0 Å². The van der Waals surface area contributed by atoms with Crippen LogP contribution in [0.3, 0.4) is 0 Å². The van der Waals surface area contributed by atoms with Gasteiger partial charge in [0.05, 0.1) is 7.11 Å². The zero-order valence-electron chi connectivity index (χ0n) is 11.2. The van der Waals surface area contributed by atoms with Crippen LogP contribution in [0, 0.1) is 0 Å². The Morgan fingerprint density at radius 2 is 2.15 bits per heavy atom. The van der Waals surface area contributed by atoms with E-state index in [9.17, 15) is 8.42 Å². The summed E-state index contributed by atoms with van der Waals surface area (Å²) in [5.74, 6) is 0.448. The van der Waals surface area contributed by atoms with Crippen molar-refractivity contribution < 1.29 is 13.2 Å². The van der Waals surface area contributed by atoms with Gasteiger partial charge in [0, 0.05) is 17.4 Å². The summed E-state index contributed by atoms with van der Waals surface area (Å²) in [5, 5.41) is 6.62. The highest BCUT2D eigenvalue weighted by molar-refractivity contribution is 7.92. The lowest BCUT2D eigenvalue weighted by Crippen LogP contribution is -2.14. The van der Waals surface area contributed by atoms with Gasteiger partial charge in [-0.15, -0.1) is 0 Å². The minimum atomic E-state index is -3.81. The van der Waals surface area contributed by atoms with Crippen LogP contribution < -0.4 is 15.2 Å². The molecule has 0 unspecified atom stereocenters. The number of aromatic nitrogens is 2. The molecule has 1 aromatic carbocycles. The fourth-order valence-electron chi connectivity index (χ4n) is 1.69. The first-order chi connectivity index (χ1) is 9.46. The monoisotopic (exact) mass is 296 g/mol. The molecule has 0 spiro atoms. The molecular weight excluding hydrogens is 280 g/mol. The summed E-state index contributed by atoms with van der Waals surface area (Å²) >= 11 is 0. The highest BCUT2D eigenvalue weighted by atomic mass is 32.2. The molecule has 20 heavy (non-hydrogen) atoms. The van der Waals surface area contributed by atoms with Gasteiger partial charge >= 0.3 is 0 Å². The second-order valence-corrected chi connectivity index (χ2v) is 5.80. The number of aryl methyl sites for hydroxylation is 1. The number of ether oxygens (including phenoxy) is 1. The predicted octanol–water partition coefficient (Wildman–Crippen LogP) is 1.36. The van der Waals surface area contributed by atoms with E-state index in [4.69, 9.17) is 10.5 Å². The van der Waals surface area contributed by atoms with E-state index in [0.717, 1.165) is 12.1 Å². The molecule has 0 aliphatic heterocycles. The van der Waals surface area contributed by atoms with Crippen molar-refractivity contribution in [2.45, 2.75) is 18.2 Å². The summed E-state index contributed by atoms with van der Waals surface area (Å²) in [6.45, 7) is 1.94. The van der Waals surface area contributed by atoms with Gasteiger partial charge in [0.1, 0.15) is 10.6 Å². The fraction of sp³-hybridized carbons (Fsp3) is 0.250. The van der Waals surface area contributed by atoms with Crippen molar-refractivity contribution in [2.75, 3.05) is 17.6 Å². The van der Waals surface area contributed by atoms with Crippen LogP contribution in [0.25, 0.3) is 0 Å². The number of aromatic amines is 1. The van der Waals surface area contributed by atoms with E-state index >= 15 is 0 Å². The molecule has 0 amide bonds. The molecule has 0 saturated carbocycles. The molecule has 8 heteroatoms. The number of sulfonamides is 1. The third kappa shape index (κ3) is 2.85. The summed E-state index contributed by atoms with van der Waals surface area (Å²) in [6.07, 6.45) is 0.732. The minimum absolute atomic E-state index is 0.0268. The minimum Gasteiger partial charge on any atom is -0.495 e. The van der Waals surface area contributed by atoms with Gasteiger partial charge in [-0.05, 0) is 24.6 Å². The van der Waals surface area contributed by atoms with Crippen molar-refractivity contribution in [2.24, 2.45) is 0 Å². The number of nitrogen functional groups attached to an aromatic ring is 1. The lowest BCUT2D eigenvalue weighted by Gasteiger charge is -2.10. The molecule has 4 N–H and O–H groups in total. The Labute approximate surface area is 117 Å². The maximum absolute atomic E-state index is 12.3. The average Bonchev–Trinajstić information content (AvgIpc) is 2.85. The molecule has 0 bridgehead atoms. The van der Waals surface area contributed by atoms with Gasteiger partial charge in [0.25, 0.3) is 10.0 Å². The van der Waals surface area contributed by atoms with Gasteiger partial charge in [-0.2, -0.15) is 5.10 Å². The van der Waals surface area contributed by atoms with Crippen LogP contribution in [-0.2, 0) is 16.4 Å². The number of benzene rings is 1. The molecule has 2 rings (SSSR count). The Morgan fingerprint density at radius 1 is 1.40 bits per heavy atom. The van der Waals surface area contributed by atoms with Crippen molar-refractivity contribution in [1.82, 2.24) is 10.2 Å². The first-order valence-corrected chi connectivity index (χ1v) is 7.45. The van der Waals surface area contributed by atoms with Crippen LogP contribution in [0.1, 0.15) is 12.6 Å². The van der Waals surface area contributed by atoms with Crippen LogP contribution >= 0.6 is 0 Å². The number of nitrogens with one attached hydrogen (secondary N) is 2. The Balaban J connectivity index is 2.37. The molecule has 0 radical (unpaired) electrons. The predicted molar refractivity (Wildman–Crippen MR) is 76.2 cm³/mol. The van der Waals surface area contributed by atoms with E-state index in [0.29, 0.717) is 5.69 Å². The number of nitrogens with zero attached hydrogens (tertiary/aromatic N) is 1. The first kappa shape index (κ1) is 14.2. The van der Waals surface area contributed by atoms with Crippen molar-refractivity contribution in [3.63, 3.8) is 0 Å². The van der Waals surface area contributed by atoms with E-state index < -0.39 is 10.0 Å². The zero-order chi connectivity index (χ0) is 14.8. The molecule has 0 aliphatic rings. The highest BCUT2D eigenvalue weighted by Crippen LogP contribution is 2.27. The van der Waals surface area contributed by atoms with E-state index in [-0.39, 0.29) is 16.5 Å². The second kappa shape index (κ2) is 5.41. The largest absolute Gasteiger partial charge is 0.495 e. The standard InChI is InChI=1S/C12H16N4O3S/c1-3-9-7-12(15-14-9)16-20(17,18)11-6-8(13)4-5-10(11)19-2/h4-7H,3,13H2,1-2H3,(H2,14,15,16). The Hall–Kier alpha value is -2.22. The molecule has 1 heterocycles. The summed E-state index contributed by atoms with van der Waals surface area (Å²) < 4.78 is 32.1. The SMILES string of the molecule is CCc1cc(NS(=O)(=O)c2cc(N)ccc2OC)n[nH]1. The normalized spacial score (nSPS) is 11.3. The lowest BCUT2D eigenvalue weighted by molar-refractivity contribution is 0.403. The number of hydrogen-bond donors (Lipinski definition) is 3. The number of H-pyrrole nitrogens is 1. The van der Waals surface area contributed by atoms with Crippen LogP contribution in [0.15, 0.2) is 29.2 Å². The molecule has 0 fully saturated rings. The Bertz CT molecular complexity index is 709. The van der Waals surface area contributed by atoms with Gasteiger partial charge in [-0.1, -0.05) is 6.92 Å². The van der Waals surface area contributed by atoms with E-state index in [1.807, 2.05) is 6.92 Å². The summed E-state index contributed by atoms with van der Waals surface area (Å²) in [4.78, 5) is -0.0268. The van der Waals surface area contributed by atoms with Gasteiger partial charge in [-0.25, -0.2) is 8.42 Å². The second-order valence-electron chi connectivity index (χ2n) is 4.15. The van der Waals surface area contributed by atoms with Gasteiger partial charge in [0.15, 0.2) is 5.82 Å². The molecule has 0 saturated heterocycles. The number of rotatable bonds is 5. The zero-order valence-corrected chi connectivity index (χ0v) is 12.0. The van der Waals surface area contributed by atoms with Crippen molar-refractivity contribution in [3.05, 3.63) is 30.0 Å². The number of anilines is 2. The van der Waals surface area contributed by atoms with E-state index in [1.54, 1.807) is 12.1 Å². The van der Waals surface area contributed by atoms with Crippen molar-refractivity contribution >= 4 is 21.5 Å². The third-order valence-corrected chi connectivity index (χ3v) is 4.10. The van der Waals surface area contributed by atoms with Crippen LogP contribution in [0.4, 0.5) is 11.5 Å². The highest BCUT2D eigenvalue weighted by Gasteiger charge is 2.21. The van der Waals surface area contributed by atoms with Gasteiger partial charge in [0.2, 0.25) is 0 Å². The fourth-order valence-corrected chi connectivity index (χ4v) is 2.89. The van der Waals surface area contributed by atoms with E-state index in [2.05, 4.69) is 14.9 Å². The lowest BCUT2D eigenvalue weighted by atomic mass is 10.3. The molecule has 0 atom stereocenters. The topological polar surface area (TPSA) is 110 Å². The molecule has 0 aliphatic carbocycles. The maximum atomic E-state index is 12.3. The van der Waals surface area contributed by atoms with Crippen molar-refractivity contribution in [1.29, 1.82) is 0 Å². The molecule has 108 valence electrons. The number of hydrogen-bond acceptors (Lipinski definition) is 5. The number of methoxy groups -OCH3 is 1. The Kier molecular flexibility index (Phi) is 3.84. The molecule has 7 nitrogen and oxygen atoms in total. The van der Waals surface area contributed by atoms with Crippen LogP contribution in [-0.4, -0.2) is 25.7 Å². The smallest absolute Gasteiger partial charge is 0.266 e. The van der Waals surface area contributed by atoms with E-state index in [1.165, 1.54) is 19.2 Å². The molecule has 2 aromatic rings. The van der Waals surface area contributed by atoms with Gasteiger partial charge in [-0.3, -0.25) is 9.82 Å². The summed E-state index contributed by atoms with van der Waals surface area (Å²) in [6, 6.07) is 6.05. The molecule has 1 aromatic heterocycles. The summed E-state index contributed by atoms with van der Waals surface area (Å²) in [7, 11) is -2.41. The Morgan fingerprint density at radius 3 is 2.75 bits per heavy atom. The maximum Gasteiger partial charge on any atom is 0.266 e. The van der Waals surface area contributed by atoms with Gasteiger partial charge < -0.3 is 10.5 Å². The molecular formula is C12H16N4O3S. The third-order valence-electron chi connectivity index (χ3n) is 2.73. The number of nitrogens with two attached hydrogens (primary N) is 1. The first-order valence-electron chi connectivity index (χ1n) is 5.97. The van der Waals surface area contributed by atoms with Crippen LogP contribution in [0.5, 0.6) is 5.75 Å². The van der Waals surface area contributed by atoms with Crippen molar-refractivity contribution in [3.8, 4) is 5.75 Å². The quantitative estimate of drug-likeness (QED) is 0.722.